The van der Waals surface area contributed by atoms with E-state index >= 15 is 0 Å². The number of anilines is 1. The second-order valence-electron chi connectivity index (χ2n) is 4.45. The number of ether oxygens (including phenoxy) is 1. The lowest BCUT2D eigenvalue weighted by Gasteiger charge is -2.15. The van der Waals surface area contributed by atoms with Gasteiger partial charge in [-0.25, -0.2) is 0 Å². The zero-order valence-electron chi connectivity index (χ0n) is 11.5. The molecule has 1 aromatic rings. The molecule has 1 aromatic carbocycles. The van der Waals surface area contributed by atoms with E-state index in [1.54, 1.807) is 0 Å². The molecule has 1 unspecified atom stereocenters. The minimum Gasteiger partial charge on any atom is -0.491 e. The average molecular weight is 250 g/mol. The number of hydrogen-bond acceptors (Lipinski definition) is 3. The smallest absolute Gasteiger partial charge is 0.242 e. The molecule has 4 nitrogen and oxygen atoms in total. The third-order valence-electron chi connectivity index (χ3n) is 2.35. The molecule has 4 heteroatoms. The maximum absolute atomic E-state index is 11.6. The SMILES string of the molecule is CCNC(=O)C(C)Nc1ccc(OC(C)C)cc1. The van der Waals surface area contributed by atoms with Crippen LogP contribution in [0.4, 0.5) is 5.69 Å². The van der Waals surface area contributed by atoms with Crippen molar-refractivity contribution in [1.82, 2.24) is 5.32 Å². The van der Waals surface area contributed by atoms with Crippen LogP contribution >= 0.6 is 0 Å². The number of likely N-dealkylation sites (N-methyl/N-ethyl adjacent to an activating group) is 1. The summed E-state index contributed by atoms with van der Waals surface area (Å²) in [5, 5.41) is 5.92. The van der Waals surface area contributed by atoms with Crippen LogP contribution in [-0.2, 0) is 4.79 Å². The molecule has 0 aliphatic carbocycles. The van der Waals surface area contributed by atoms with Crippen molar-refractivity contribution in [1.29, 1.82) is 0 Å². The van der Waals surface area contributed by atoms with Gasteiger partial charge >= 0.3 is 0 Å². The molecule has 0 aromatic heterocycles. The minimum absolute atomic E-state index is 0.00000643. The van der Waals surface area contributed by atoms with E-state index in [2.05, 4.69) is 10.6 Å². The van der Waals surface area contributed by atoms with Gasteiger partial charge in [-0.1, -0.05) is 0 Å². The van der Waals surface area contributed by atoms with Gasteiger partial charge in [0.1, 0.15) is 11.8 Å². The topological polar surface area (TPSA) is 50.4 Å². The predicted octanol–water partition coefficient (Wildman–Crippen LogP) is 2.41. The highest BCUT2D eigenvalue weighted by atomic mass is 16.5. The van der Waals surface area contributed by atoms with Crippen molar-refractivity contribution in [3.05, 3.63) is 24.3 Å². The molecule has 0 saturated carbocycles. The molecule has 1 amide bonds. The summed E-state index contributed by atoms with van der Waals surface area (Å²) in [6.07, 6.45) is 0.165. The summed E-state index contributed by atoms with van der Waals surface area (Å²) in [5.41, 5.74) is 0.907. The third kappa shape index (κ3) is 4.65. The Morgan fingerprint density at radius 1 is 1.22 bits per heavy atom. The highest BCUT2D eigenvalue weighted by Gasteiger charge is 2.10. The lowest BCUT2D eigenvalue weighted by molar-refractivity contribution is -0.121. The summed E-state index contributed by atoms with van der Waals surface area (Å²) >= 11 is 0. The van der Waals surface area contributed by atoms with Gasteiger partial charge in [0.15, 0.2) is 0 Å². The first kappa shape index (κ1) is 14.4. The standard InChI is InChI=1S/C14H22N2O2/c1-5-15-14(17)11(4)16-12-6-8-13(9-7-12)18-10(2)3/h6-11,16H,5H2,1-4H3,(H,15,17). The molecule has 0 heterocycles. The molecular formula is C14H22N2O2. The predicted molar refractivity (Wildman–Crippen MR) is 74.0 cm³/mol. The van der Waals surface area contributed by atoms with Gasteiger partial charge in [0.05, 0.1) is 6.10 Å². The number of amides is 1. The summed E-state index contributed by atoms with van der Waals surface area (Å²) in [6, 6.07) is 7.36. The van der Waals surface area contributed by atoms with Crippen LogP contribution in [0.15, 0.2) is 24.3 Å². The Hall–Kier alpha value is -1.71. The minimum atomic E-state index is -0.248. The zero-order chi connectivity index (χ0) is 13.5. The Morgan fingerprint density at radius 2 is 1.83 bits per heavy atom. The van der Waals surface area contributed by atoms with Gasteiger partial charge in [0.2, 0.25) is 5.91 Å². The first-order valence-electron chi connectivity index (χ1n) is 6.34. The van der Waals surface area contributed by atoms with Crippen LogP contribution in [-0.4, -0.2) is 24.6 Å². The number of carbonyl (C=O) groups is 1. The molecule has 0 aliphatic rings. The van der Waals surface area contributed by atoms with Crippen molar-refractivity contribution >= 4 is 11.6 Å². The normalized spacial score (nSPS) is 12.1. The molecule has 18 heavy (non-hydrogen) atoms. The van der Waals surface area contributed by atoms with Gasteiger partial charge < -0.3 is 15.4 Å². The lowest BCUT2D eigenvalue weighted by atomic mass is 10.2. The van der Waals surface area contributed by atoms with Gasteiger partial charge in [-0.15, -0.1) is 0 Å². The molecule has 100 valence electrons. The highest BCUT2D eigenvalue weighted by Crippen LogP contribution is 2.17. The number of carbonyl (C=O) groups excluding carboxylic acids is 1. The van der Waals surface area contributed by atoms with E-state index < -0.39 is 0 Å². The van der Waals surface area contributed by atoms with Crippen molar-refractivity contribution in [2.45, 2.75) is 39.8 Å². The van der Waals surface area contributed by atoms with E-state index in [1.165, 1.54) is 0 Å². The van der Waals surface area contributed by atoms with Crippen LogP contribution in [0.1, 0.15) is 27.7 Å². The third-order valence-corrected chi connectivity index (χ3v) is 2.35. The molecular weight excluding hydrogens is 228 g/mol. The van der Waals surface area contributed by atoms with Gasteiger partial charge in [0.25, 0.3) is 0 Å². The summed E-state index contributed by atoms with van der Waals surface area (Å²) in [6.45, 7) is 8.37. The first-order chi connectivity index (χ1) is 8.52. The molecule has 2 N–H and O–H groups in total. The van der Waals surface area contributed by atoms with Gasteiger partial charge in [-0.2, -0.15) is 0 Å². The number of benzene rings is 1. The van der Waals surface area contributed by atoms with Crippen LogP contribution in [0.5, 0.6) is 5.75 Å². The maximum Gasteiger partial charge on any atom is 0.242 e. The quantitative estimate of drug-likeness (QED) is 0.815. The van der Waals surface area contributed by atoms with Gasteiger partial charge in [0, 0.05) is 12.2 Å². The molecule has 0 saturated heterocycles. The average Bonchev–Trinajstić information content (AvgIpc) is 2.31. The summed E-state index contributed by atoms with van der Waals surface area (Å²) in [4.78, 5) is 11.6. The van der Waals surface area contributed by atoms with Crippen LogP contribution in [0.2, 0.25) is 0 Å². The largest absolute Gasteiger partial charge is 0.491 e. The summed E-state index contributed by atoms with van der Waals surface area (Å²) in [5.74, 6) is 0.834. The van der Waals surface area contributed by atoms with Gasteiger partial charge in [-0.05, 0) is 52.0 Å². The molecule has 0 spiro atoms. The summed E-state index contributed by atoms with van der Waals surface area (Å²) in [7, 11) is 0. The molecule has 1 atom stereocenters. The Balaban J connectivity index is 2.55. The highest BCUT2D eigenvalue weighted by molar-refractivity contribution is 5.84. The van der Waals surface area contributed by atoms with Crippen LogP contribution in [0, 0.1) is 0 Å². The second-order valence-corrected chi connectivity index (χ2v) is 4.45. The van der Waals surface area contributed by atoms with Crippen molar-refractivity contribution in [2.24, 2.45) is 0 Å². The van der Waals surface area contributed by atoms with Crippen molar-refractivity contribution in [3.8, 4) is 5.75 Å². The maximum atomic E-state index is 11.6. The fraction of sp³-hybridized carbons (Fsp3) is 0.500. The van der Waals surface area contributed by atoms with E-state index in [0.717, 1.165) is 11.4 Å². The molecule has 0 fully saturated rings. The summed E-state index contributed by atoms with van der Waals surface area (Å²) < 4.78 is 5.55. The zero-order valence-corrected chi connectivity index (χ0v) is 11.5. The number of hydrogen-bond donors (Lipinski definition) is 2. The number of nitrogens with one attached hydrogen (secondary N) is 2. The van der Waals surface area contributed by atoms with E-state index in [0.29, 0.717) is 6.54 Å². The Labute approximate surface area is 109 Å². The first-order valence-corrected chi connectivity index (χ1v) is 6.34. The van der Waals surface area contributed by atoms with Crippen molar-refractivity contribution in [2.75, 3.05) is 11.9 Å². The van der Waals surface area contributed by atoms with E-state index in [1.807, 2.05) is 52.0 Å². The Morgan fingerprint density at radius 3 is 2.33 bits per heavy atom. The van der Waals surface area contributed by atoms with E-state index in [4.69, 9.17) is 4.74 Å². The van der Waals surface area contributed by atoms with Crippen LogP contribution < -0.4 is 15.4 Å². The Bertz CT molecular complexity index is 374. The van der Waals surface area contributed by atoms with Crippen LogP contribution in [0.25, 0.3) is 0 Å². The molecule has 1 rings (SSSR count). The lowest BCUT2D eigenvalue weighted by Crippen LogP contribution is -2.37. The molecule has 0 radical (unpaired) electrons. The fourth-order valence-corrected chi connectivity index (χ4v) is 1.54. The van der Waals surface area contributed by atoms with E-state index in [9.17, 15) is 4.79 Å². The van der Waals surface area contributed by atoms with Crippen molar-refractivity contribution < 1.29 is 9.53 Å². The second kappa shape index (κ2) is 6.89. The number of rotatable bonds is 6. The van der Waals surface area contributed by atoms with Gasteiger partial charge in [-0.3, -0.25) is 4.79 Å². The fourth-order valence-electron chi connectivity index (χ4n) is 1.54. The van der Waals surface area contributed by atoms with Crippen molar-refractivity contribution in [3.63, 3.8) is 0 Å². The Kier molecular flexibility index (Phi) is 5.49. The van der Waals surface area contributed by atoms with Crippen LogP contribution in [0.3, 0.4) is 0 Å². The molecule has 0 bridgehead atoms. The monoisotopic (exact) mass is 250 g/mol. The van der Waals surface area contributed by atoms with E-state index in [-0.39, 0.29) is 18.1 Å². The molecule has 0 aliphatic heterocycles.